The molecule has 0 radical (unpaired) electrons. The Morgan fingerprint density at radius 2 is 1.91 bits per heavy atom. The van der Waals surface area contributed by atoms with Crippen molar-refractivity contribution in [3.8, 4) is 0 Å². The lowest BCUT2D eigenvalue weighted by Crippen LogP contribution is -2.35. The van der Waals surface area contributed by atoms with Crippen LogP contribution >= 0.6 is 11.8 Å². The van der Waals surface area contributed by atoms with E-state index in [1.54, 1.807) is 18.0 Å². The van der Waals surface area contributed by atoms with Crippen LogP contribution in [0.4, 0.5) is 0 Å². The fourth-order valence-electron chi connectivity index (χ4n) is 2.79. The first-order valence-corrected chi connectivity index (χ1v) is 10.2. The van der Waals surface area contributed by atoms with E-state index in [9.17, 15) is 9.00 Å². The second-order valence-corrected chi connectivity index (χ2v) is 8.15. The Morgan fingerprint density at radius 1 is 1.22 bits per heavy atom. The second-order valence-electron chi connectivity index (χ2n) is 5.61. The van der Waals surface area contributed by atoms with Crippen molar-refractivity contribution in [1.29, 1.82) is 0 Å². The first-order chi connectivity index (χ1) is 11.1. The number of carbonyl (C=O) groups excluding carboxylic acids is 1. The van der Waals surface area contributed by atoms with Crippen LogP contribution in [0.1, 0.15) is 23.1 Å². The molecule has 3 nitrogen and oxygen atoms in total. The standard InChI is InChI=1S/C18H19NO2S2/c1-23(21)12-16(13-7-3-2-4-8-13)19-18(20)15-11-22-17-10-6-5-9-14(15)17/h2-10,15-16H,11-12H2,1H3,(H,19,20)/t15-,16+,23-/m0/s1. The first kappa shape index (κ1) is 16.3. The molecule has 5 heteroatoms. The summed E-state index contributed by atoms with van der Waals surface area (Å²) in [6.07, 6.45) is 1.67. The van der Waals surface area contributed by atoms with Crippen molar-refractivity contribution < 1.29 is 9.00 Å². The van der Waals surface area contributed by atoms with Gasteiger partial charge in [-0.05, 0) is 17.2 Å². The SMILES string of the molecule is C[S@](=O)C[C@@H](NC(=O)[C@H]1CSc2ccccc21)c1ccccc1. The van der Waals surface area contributed by atoms with Crippen LogP contribution in [0.5, 0.6) is 0 Å². The predicted octanol–water partition coefficient (Wildman–Crippen LogP) is 3.11. The number of hydrogen-bond acceptors (Lipinski definition) is 3. The number of rotatable bonds is 5. The van der Waals surface area contributed by atoms with Crippen LogP contribution in [0.3, 0.4) is 0 Å². The van der Waals surface area contributed by atoms with Gasteiger partial charge < -0.3 is 5.32 Å². The third-order valence-electron chi connectivity index (χ3n) is 3.94. The van der Waals surface area contributed by atoms with Gasteiger partial charge in [0.05, 0.1) is 12.0 Å². The highest BCUT2D eigenvalue weighted by atomic mass is 32.2. The van der Waals surface area contributed by atoms with E-state index in [0.29, 0.717) is 5.75 Å². The zero-order valence-corrected chi connectivity index (χ0v) is 14.5. The summed E-state index contributed by atoms with van der Waals surface area (Å²) in [7, 11) is -0.979. The molecular weight excluding hydrogens is 326 g/mol. The molecule has 120 valence electrons. The lowest BCUT2D eigenvalue weighted by molar-refractivity contribution is -0.122. The monoisotopic (exact) mass is 345 g/mol. The van der Waals surface area contributed by atoms with Crippen molar-refractivity contribution in [3.63, 3.8) is 0 Å². The van der Waals surface area contributed by atoms with E-state index in [-0.39, 0.29) is 17.9 Å². The fraction of sp³-hybridized carbons (Fsp3) is 0.278. The average molecular weight is 345 g/mol. The van der Waals surface area contributed by atoms with Gasteiger partial charge in [-0.2, -0.15) is 0 Å². The van der Waals surface area contributed by atoms with E-state index in [1.165, 1.54) is 4.90 Å². The van der Waals surface area contributed by atoms with Crippen LogP contribution in [0.15, 0.2) is 59.5 Å². The first-order valence-electron chi connectivity index (χ1n) is 7.52. The van der Waals surface area contributed by atoms with Crippen LogP contribution < -0.4 is 5.32 Å². The Morgan fingerprint density at radius 3 is 2.65 bits per heavy atom. The van der Waals surface area contributed by atoms with Crippen LogP contribution in [-0.4, -0.2) is 27.9 Å². The van der Waals surface area contributed by atoms with E-state index >= 15 is 0 Å². The molecule has 0 aromatic heterocycles. The molecule has 1 amide bonds. The van der Waals surface area contributed by atoms with Gasteiger partial charge in [0.15, 0.2) is 0 Å². The van der Waals surface area contributed by atoms with Gasteiger partial charge in [0.1, 0.15) is 0 Å². The molecule has 0 unspecified atom stereocenters. The van der Waals surface area contributed by atoms with E-state index in [2.05, 4.69) is 11.4 Å². The number of thioether (sulfide) groups is 1. The number of amides is 1. The van der Waals surface area contributed by atoms with Crippen molar-refractivity contribution in [3.05, 3.63) is 65.7 Å². The summed E-state index contributed by atoms with van der Waals surface area (Å²) < 4.78 is 11.7. The summed E-state index contributed by atoms with van der Waals surface area (Å²) in [5.74, 6) is 1.08. The van der Waals surface area contributed by atoms with Gasteiger partial charge in [-0.15, -0.1) is 11.8 Å². The molecule has 2 aromatic carbocycles. The van der Waals surface area contributed by atoms with Crippen molar-refractivity contribution in [1.82, 2.24) is 5.32 Å². The normalized spacial score (nSPS) is 18.9. The fourth-order valence-corrected chi connectivity index (χ4v) is 4.77. The largest absolute Gasteiger partial charge is 0.348 e. The van der Waals surface area contributed by atoms with Gasteiger partial charge in [0.25, 0.3) is 0 Å². The number of hydrogen-bond donors (Lipinski definition) is 1. The lowest BCUT2D eigenvalue weighted by Gasteiger charge is -2.20. The number of carbonyl (C=O) groups is 1. The minimum absolute atomic E-state index is 0.0155. The number of nitrogens with one attached hydrogen (secondary N) is 1. The van der Waals surface area contributed by atoms with Crippen molar-refractivity contribution in [2.24, 2.45) is 0 Å². The minimum atomic E-state index is -0.979. The maximum absolute atomic E-state index is 12.7. The maximum Gasteiger partial charge on any atom is 0.228 e. The molecule has 1 N–H and O–H groups in total. The third kappa shape index (κ3) is 3.85. The predicted molar refractivity (Wildman–Crippen MR) is 96.2 cm³/mol. The highest BCUT2D eigenvalue weighted by Gasteiger charge is 2.30. The summed E-state index contributed by atoms with van der Waals surface area (Å²) in [6.45, 7) is 0. The molecule has 3 rings (SSSR count). The molecule has 2 aromatic rings. The van der Waals surface area contributed by atoms with Crippen LogP contribution in [0.25, 0.3) is 0 Å². The van der Waals surface area contributed by atoms with E-state index in [1.807, 2.05) is 48.5 Å². The van der Waals surface area contributed by atoms with Crippen LogP contribution in [0.2, 0.25) is 0 Å². The molecule has 1 aliphatic heterocycles. The zero-order valence-electron chi connectivity index (χ0n) is 12.9. The quantitative estimate of drug-likeness (QED) is 0.906. The van der Waals surface area contributed by atoms with E-state index in [4.69, 9.17) is 0 Å². The van der Waals surface area contributed by atoms with Gasteiger partial charge in [0.2, 0.25) is 5.91 Å². The average Bonchev–Trinajstić information content (AvgIpc) is 2.99. The van der Waals surface area contributed by atoms with Gasteiger partial charge >= 0.3 is 0 Å². The highest BCUT2D eigenvalue weighted by Crippen LogP contribution is 2.39. The molecule has 3 atom stereocenters. The lowest BCUT2D eigenvalue weighted by atomic mass is 9.99. The molecule has 1 heterocycles. The highest BCUT2D eigenvalue weighted by molar-refractivity contribution is 7.99. The van der Waals surface area contributed by atoms with Crippen molar-refractivity contribution in [2.45, 2.75) is 16.9 Å². The van der Waals surface area contributed by atoms with Gasteiger partial charge in [0, 0.05) is 33.5 Å². The Labute approximate surface area is 143 Å². The summed E-state index contributed by atoms with van der Waals surface area (Å²) in [4.78, 5) is 13.9. The summed E-state index contributed by atoms with van der Waals surface area (Å²) in [5.41, 5.74) is 2.09. The summed E-state index contributed by atoms with van der Waals surface area (Å²) in [5, 5.41) is 3.10. The van der Waals surface area contributed by atoms with Crippen LogP contribution in [-0.2, 0) is 15.6 Å². The molecule has 23 heavy (non-hydrogen) atoms. The van der Waals surface area contributed by atoms with Gasteiger partial charge in [-0.1, -0.05) is 48.5 Å². The van der Waals surface area contributed by atoms with E-state index < -0.39 is 10.8 Å². The molecule has 0 fully saturated rings. The number of benzene rings is 2. The molecule has 0 aliphatic carbocycles. The molecule has 0 spiro atoms. The molecule has 0 saturated carbocycles. The van der Waals surface area contributed by atoms with Crippen LogP contribution in [0, 0.1) is 0 Å². The summed E-state index contributed by atoms with van der Waals surface area (Å²) >= 11 is 1.72. The Bertz CT molecular complexity index is 718. The van der Waals surface area contributed by atoms with Crippen molar-refractivity contribution in [2.75, 3.05) is 17.8 Å². The van der Waals surface area contributed by atoms with Crippen molar-refractivity contribution >= 4 is 28.5 Å². The molecule has 1 aliphatic rings. The molecule has 0 saturated heterocycles. The minimum Gasteiger partial charge on any atom is -0.348 e. The summed E-state index contributed by atoms with van der Waals surface area (Å²) in [6, 6.07) is 17.6. The van der Waals surface area contributed by atoms with Gasteiger partial charge in [-0.3, -0.25) is 9.00 Å². The Hall–Kier alpha value is -1.59. The zero-order chi connectivity index (χ0) is 16.2. The third-order valence-corrected chi connectivity index (χ3v) is 5.92. The Balaban J connectivity index is 1.78. The Kier molecular flexibility index (Phi) is 5.18. The smallest absolute Gasteiger partial charge is 0.228 e. The maximum atomic E-state index is 12.7. The topological polar surface area (TPSA) is 46.2 Å². The number of fused-ring (bicyclic) bond motifs is 1. The van der Waals surface area contributed by atoms with E-state index in [0.717, 1.165) is 16.9 Å². The molecule has 0 bridgehead atoms. The molecular formula is C18H19NO2S2. The second kappa shape index (κ2) is 7.32. The van der Waals surface area contributed by atoms with Gasteiger partial charge in [-0.25, -0.2) is 0 Å².